The molecule has 1 atom stereocenters. The summed E-state index contributed by atoms with van der Waals surface area (Å²) in [6.07, 6.45) is -0.507. The van der Waals surface area contributed by atoms with E-state index in [0.717, 1.165) is 22.2 Å². The maximum absolute atomic E-state index is 14.3. The van der Waals surface area contributed by atoms with Crippen LogP contribution >= 0.6 is 11.6 Å². The lowest BCUT2D eigenvalue weighted by molar-refractivity contribution is -0.0838. The molecule has 30 heavy (non-hydrogen) atoms. The molecule has 1 unspecified atom stereocenters. The first-order valence-corrected chi connectivity index (χ1v) is 10.3. The summed E-state index contributed by atoms with van der Waals surface area (Å²) in [4.78, 5) is 17.8. The maximum Gasteiger partial charge on any atom is 0.412 e. The number of hydrogen-bond donors (Lipinski definition) is 1. The lowest BCUT2D eigenvalue weighted by atomic mass is 10.0. The second-order valence-corrected chi connectivity index (χ2v) is 8.82. The first kappa shape index (κ1) is 20.7. The number of amides is 1. The molecule has 2 heterocycles. The van der Waals surface area contributed by atoms with Gasteiger partial charge < -0.3 is 14.5 Å². The van der Waals surface area contributed by atoms with Crippen molar-refractivity contribution in [2.75, 3.05) is 6.54 Å². The van der Waals surface area contributed by atoms with Gasteiger partial charge in [0.05, 0.1) is 12.3 Å². The second kappa shape index (κ2) is 7.93. The van der Waals surface area contributed by atoms with Crippen LogP contribution in [-0.4, -0.2) is 28.1 Å². The SMILES string of the molecule is CC(C)(C)OC(=O)N1CCc2c([nH]c3ccccc23)C1OCc1ccc(Cl)cc1F. The molecule has 0 fully saturated rings. The van der Waals surface area contributed by atoms with Crippen molar-refractivity contribution in [2.24, 2.45) is 0 Å². The fourth-order valence-electron chi connectivity index (χ4n) is 3.69. The Hall–Kier alpha value is -2.57. The summed E-state index contributed by atoms with van der Waals surface area (Å²) in [5, 5.41) is 1.42. The van der Waals surface area contributed by atoms with Gasteiger partial charge >= 0.3 is 6.09 Å². The van der Waals surface area contributed by atoms with Crippen molar-refractivity contribution in [3.63, 3.8) is 0 Å². The molecule has 1 aliphatic rings. The molecule has 158 valence electrons. The van der Waals surface area contributed by atoms with Gasteiger partial charge in [-0.15, -0.1) is 0 Å². The third kappa shape index (κ3) is 4.16. The predicted molar refractivity (Wildman–Crippen MR) is 114 cm³/mol. The standard InChI is InChI=1S/C23H24ClFN2O3/c1-23(2,3)30-22(28)27-11-10-17-16-6-4-5-7-19(16)26-20(17)21(27)29-13-14-8-9-15(24)12-18(14)25/h4-9,12,21,26H,10-11,13H2,1-3H3. The molecule has 0 spiro atoms. The first-order valence-electron chi connectivity index (χ1n) is 9.87. The van der Waals surface area contributed by atoms with Gasteiger partial charge in [0.25, 0.3) is 0 Å². The Bertz CT molecular complexity index is 1090. The molecule has 2 aromatic carbocycles. The number of benzene rings is 2. The monoisotopic (exact) mass is 430 g/mol. The fraction of sp³-hybridized carbons (Fsp3) is 0.348. The quantitative estimate of drug-likeness (QED) is 0.557. The molecule has 0 saturated carbocycles. The van der Waals surface area contributed by atoms with Gasteiger partial charge in [-0.2, -0.15) is 0 Å². The van der Waals surface area contributed by atoms with Gasteiger partial charge in [-0.25, -0.2) is 9.18 Å². The minimum atomic E-state index is -0.717. The summed E-state index contributed by atoms with van der Waals surface area (Å²) >= 11 is 5.85. The molecule has 5 nitrogen and oxygen atoms in total. The van der Waals surface area contributed by atoms with E-state index in [2.05, 4.69) is 4.98 Å². The van der Waals surface area contributed by atoms with Crippen molar-refractivity contribution in [1.82, 2.24) is 9.88 Å². The van der Waals surface area contributed by atoms with E-state index in [1.807, 2.05) is 45.0 Å². The van der Waals surface area contributed by atoms with Crippen LogP contribution in [0.3, 0.4) is 0 Å². The molecule has 1 aliphatic heterocycles. The number of aromatic nitrogens is 1. The summed E-state index contributed by atoms with van der Waals surface area (Å²) in [5.74, 6) is -0.445. The van der Waals surface area contributed by atoms with Gasteiger partial charge in [-0.3, -0.25) is 4.90 Å². The van der Waals surface area contributed by atoms with E-state index < -0.39 is 23.7 Å². The van der Waals surface area contributed by atoms with E-state index in [9.17, 15) is 9.18 Å². The highest BCUT2D eigenvalue weighted by Gasteiger charge is 2.36. The lowest BCUT2D eigenvalue weighted by Gasteiger charge is -2.36. The molecule has 0 radical (unpaired) electrons. The lowest BCUT2D eigenvalue weighted by Crippen LogP contribution is -2.44. The third-order valence-electron chi connectivity index (χ3n) is 5.02. The number of carbonyl (C=O) groups excluding carboxylic acids is 1. The number of H-pyrrole nitrogens is 1. The first-order chi connectivity index (χ1) is 14.2. The topological polar surface area (TPSA) is 54.6 Å². The van der Waals surface area contributed by atoms with Crippen molar-refractivity contribution in [3.8, 4) is 0 Å². The molecule has 4 rings (SSSR count). The minimum absolute atomic E-state index is 0.0121. The number of rotatable bonds is 3. The molecule has 1 N–H and O–H groups in total. The Labute approximate surface area is 179 Å². The van der Waals surface area contributed by atoms with Gasteiger partial charge in [0.15, 0.2) is 6.23 Å². The zero-order valence-electron chi connectivity index (χ0n) is 17.2. The average Bonchev–Trinajstić information content (AvgIpc) is 3.04. The van der Waals surface area contributed by atoms with Crippen LogP contribution in [0.4, 0.5) is 9.18 Å². The van der Waals surface area contributed by atoms with E-state index in [4.69, 9.17) is 21.1 Å². The van der Waals surface area contributed by atoms with E-state index in [1.165, 1.54) is 6.07 Å². The number of nitrogens with zero attached hydrogens (tertiary/aromatic N) is 1. The molecular formula is C23H24ClFN2O3. The van der Waals surface area contributed by atoms with Crippen molar-refractivity contribution in [2.45, 2.75) is 45.6 Å². The molecule has 1 amide bonds. The van der Waals surface area contributed by atoms with Crippen LogP contribution < -0.4 is 0 Å². The molecule has 0 bridgehead atoms. The summed E-state index contributed by atoms with van der Waals surface area (Å²) in [7, 11) is 0. The maximum atomic E-state index is 14.3. The Morgan fingerprint density at radius 2 is 2.03 bits per heavy atom. The summed E-state index contributed by atoms with van der Waals surface area (Å²) < 4.78 is 26.0. The number of ether oxygens (including phenoxy) is 2. The van der Waals surface area contributed by atoms with Crippen LogP contribution in [0.15, 0.2) is 42.5 Å². The fourth-order valence-corrected chi connectivity index (χ4v) is 3.85. The Kier molecular flexibility index (Phi) is 5.47. The molecule has 0 saturated heterocycles. The highest BCUT2D eigenvalue weighted by molar-refractivity contribution is 6.30. The molecule has 3 aromatic rings. The Morgan fingerprint density at radius 3 is 2.77 bits per heavy atom. The van der Waals surface area contributed by atoms with Gasteiger partial charge in [0.1, 0.15) is 11.4 Å². The zero-order chi connectivity index (χ0) is 21.5. The normalized spacial score (nSPS) is 16.6. The highest BCUT2D eigenvalue weighted by Crippen LogP contribution is 2.36. The Morgan fingerprint density at radius 1 is 1.27 bits per heavy atom. The van der Waals surface area contributed by atoms with E-state index in [1.54, 1.807) is 17.0 Å². The smallest absolute Gasteiger partial charge is 0.412 e. The van der Waals surface area contributed by atoms with E-state index in [-0.39, 0.29) is 6.61 Å². The van der Waals surface area contributed by atoms with Gasteiger partial charge in [0, 0.05) is 28.0 Å². The zero-order valence-corrected chi connectivity index (χ0v) is 17.9. The number of para-hydroxylation sites is 1. The van der Waals surface area contributed by atoms with Crippen LogP contribution in [0.2, 0.25) is 5.02 Å². The van der Waals surface area contributed by atoms with Crippen LogP contribution in [0.1, 0.15) is 43.8 Å². The number of hydrogen-bond acceptors (Lipinski definition) is 3. The second-order valence-electron chi connectivity index (χ2n) is 8.39. The van der Waals surface area contributed by atoms with Crippen LogP contribution in [0, 0.1) is 5.82 Å². The predicted octanol–water partition coefficient (Wildman–Crippen LogP) is 5.97. The Balaban J connectivity index is 1.68. The van der Waals surface area contributed by atoms with Crippen molar-refractivity contribution >= 4 is 28.6 Å². The van der Waals surface area contributed by atoms with E-state index in [0.29, 0.717) is 23.6 Å². The van der Waals surface area contributed by atoms with Crippen LogP contribution in [0.25, 0.3) is 10.9 Å². The third-order valence-corrected chi connectivity index (χ3v) is 5.25. The van der Waals surface area contributed by atoms with Crippen molar-refractivity contribution in [1.29, 1.82) is 0 Å². The summed E-state index contributed by atoms with van der Waals surface area (Å²) in [5.41, 5.74) is 2.60. The molecule has 7 heteroatoms. The largest absolute Gasteiger partial charge is 0.444 e. The number of fused-ring (bicyclic) bond motifs is 3. The van der Waals surface area contributed by atoms with Crippen LogP contribution in [0.5, 0.6) is 0 Å². The summed E-state index contributed by atoms with van der Waals surface area (Å²) in [6, 6.07) is 12.4. The van der Waals surface area contributed by atoms with Crippen molar-refractivity contribution < 1.29 is 18.7 Å². The number of aromatic amines is 1. The number of nitrogens with one attached hydrogen (secondary N) is 1. The van der Waals surface area contributed by atoms with Gasteiger partial charge in [-0.05, 0) is 51.0 Å². The van der Waals surface area contributed by atoms with Gasteiger partial charge in [-0.1, -0.05) is 35.9 Å². The van der Waals surface area contributed by atoms with Crippen LogP contribution in [-0.2, 0) is 22.5 Å². The highest BCUT2D eigenvalue weighted by atomic mass is 35.5. The van der Waals surface area contributed by atoms with Gasteiger partial charge in [0.2, 0.25) is 0 Å². The minimum Gasteiger partial charge on any atom is -0.444 e. The average molecular weight is 431 g/mol. The molecule has 1 aromatic heterocycles. The molecule has 0 aliphatic carbocycles. The van der Waals surface area contributed by atoms with Crippen molar-refractivity contribution in [3.05, 3.63) is 70.1 Å². The summed E-state index contributed by atoms with van der Waals surface area (Å²) in [6.45, 7) is 5.89. The number of carbonyl (C=O) groups is 1. The van der Waals surface area contributed by atoms with E-state index >= 15 is 0 Å². The number of halogens is 2. The molecular weight excluding hydrogens is 407 g/mol.